The van der Waals surface area contributed by atoms with Gasteiger partial charge in [0.2, 0.25) is 0 Å². The van der Waals surface area contributed by atoms with Gasteiger partial charge >= 0.3 is 0 Å². The third-order valence-corrected chi connectivity index (χ3v) is 4.13. The minimum Gasteiger partial charge on any atom is -0.485 e. The zero-order valence-corrected chi connectivity index (χ0v) is 13.2. The normalized spacial score (nSPS) is 22.4. The first-order valence-electron chi connectivity index (χ1n) is 8.10. The van der Waals surface area contributed by atoms with Crippen molar-refractivity contribution in [1.82, 2.24) is 4.90 Å². The van der Waals surface area contributed by atoms with E-state index >= 15 is 0 Å². The van der Waals surface area contributed by atoms with Gasteiger partial charge < -0.3 is 14.3 Å². The van der Waals surface area contributed by atoms with Crippen LogP contribution in [0.4, 0.5) is 0 Å². The zero-order chi connectivity index (χ0) is 15.2. The number of hydrogen-bond donors (Lipinski definition) is 0. The molecule has 2 heterocycles. The number of benzene rings is 1. The van der Waals surface area contributed by atoms with Crippen molar-refractivity contribution in [1.29, 1.82) is 0 Å². The van der Waals surface area contributed by atoms with E-state index in [0.717, 1.165) is 23.8 Å². The summed E-state index contributed by atoms with van der Waals surface area (Å²) >= 11 is 0. The Kier molecular flexibility index (Phi) is 5.16. The summed E-state index contributed by atoms with van der Waals surface area (Å²) in [6, 6.07) is 7.69. The van der Waals surface area contributed by atoms with Gasteiger partial charge in [0, 0.05) is 6.54 Å². The van der Waals surface area contributed by atoms with Crippen LogP contribution in [0.1, 0.15) is 26.2 Å². The molecule has 0 aromatic heterocycles. The second-order valence-electron chi connectivity index (χ2n) is 5.83. The smallest absolute Gasteiger partial charge is 0.174 e. The summed E-state index contributed by atoms with van der Waals surface area (Å²) in [4.78, 5) is 7.89. The molecule has 0 amide bonds. The fourth-order valence-corrected chi connectivity index (χ4v) is 2.78. The van der Waals surface area contributed by atoms with E-state index in [9.17, 15) is 0 Å². The lowest BCUT2D eigenvalue weighted by atomic mass is 10.1. The number of hydrogen-bond acceptors (Lipinski definition) is 5. The van der Waals surface area contributed by atoms with Crippen LogP contribution in [0, 0.1) is 0 Å². The Morgan fingerprint density at radius 3 is 2.82 bits per heavy atom. The van der Waals surface area contributed by atoms with Gasteiger partial charge in [-0.05, 0) is 45.0 Å². The second-order valence-corrected chi connectivity index (χ2v) is 5.83. The Morgan fingerprint density at radius 1 is 1.23 bits per heavy atom. The summed E-state index contributed by atoms with van der Waals surface area (Å²) in [6.45, 7) is 6.33. The van der Waals surface area contributed by atoms with Crippen molar-refractivity contribution in [3.8, 4) is 11.5 Å². The predicted octanol–water partition coefficient (Wildman–Crippen LogP) is 2.70. The Balaban J connectivity index is 1.44. The molecule has 1 saturated heterocycles. The minimum absolute atomic E-state index is 0.176. The van der Waals surface area contributed by atoms with E-state index in [1.165, 1.54) is 32.4 Å². The monoisotopic (exact) mass is 304 g/mol. The van der Waals surface area contributed by atoms with Gasteiger partial charge in [-0.2, -0.15) is 0 Å². The summed E-state index contributed by atoms with van der Waals surface area (Å²) in [7, 11) is 0. The maximum atomic E-state index is 5.89. The van der Waals surface area contributed by atoms with Gasteiger partial charge in [0.05, 0.1) is 5.71 Å². The van der Waals surface area contributed by atoms with Gasteiger partial charge in [-0.3, -0.25) is 4.90 Å². The molecule has 1 aromatic rings. The second kappa shape index (κ2) is 7.49. The molecule has 5 heteroatoms. The Labute approximate surface area is 131 Å². The molecule has 1 fully saturated rings. The summed E-state index contributed by atoms with van der Waals surface area (Å²) < 4.78 is 11.6. The van der Waals surface area contributed by atoms with Gasteiger partial charge in [0.15, 0.2) is 17.6 Å². The average Bonchev–Trinajstić information content (AvgIpc) is 2.59. The fourth-order valence-electron chi connectivity index (χ4n) is 2.78. The lowest BCUT2D eigenvalue weighted by Crippen LogP contribution is -2.35. The first-order valence-corrected chi connectivity index (χ1v) is 8.10. The third kappa shape index (κ3) is 3.91. The number of fused-ring (bicyclic) bond motifs is 1. The van der Waals surface area contributed by atoms with Crippen molar-refractivity contribution in [2.45, 2.75) is 32.3 Å². The number of oxime groups is 1. The molecular formula is C17H24N2O3. The summed E-state index contributed by atoms with van der Waals surface area (Å²) in [6.07, 6.45) is 3.78. The van der Waals surface area contributed by atoms with Crippen LogP contribution in [0.5, 0.6) is 11.5 Å². The quantitative estimate of drug-likeness (QED) is 0.476. The largest absolute Gasteiger partial charge is 0.485 e. The molecule has 0 unspecified atom stereocenters. The molecule has 0 radical (unpaired) electrons. The van der Waals surface area contributed by atoms with E-state index < -0.39 is 0 Å². The highest BCUT2D eigenvalue weighted by atomic mass is 16.6. The maximum absolute atomic E-state index is 5.89. The maximum Gasteiger partial charge on any atom is 0.174 e. The predicted molar refractivity (Wildman–Crippen MR) is 85.7 cm³/mol. The lowest BCUT2D eigenvalue weighted by molar-refractivity contribution is 0.0935. The summed E-state index contributed by atoms with van der Waals surface area (Å²) in [5, 5.41) is 4.19. The molecule has 0 bridgehead atoms. The van der Waals surface area contributed by atoms with Gasteiger partial charge in [0.25, 0.3) is 0 Å². The van der Waals surface area contributed by atoms with Crippen molar-refractivity contribution in [2.24, 2.45) is 5.16 Å². The van der Waals surface area contributed by atoms with E-state index in [-0.39, 0.29) is 6.10 Å². The van der Waals surface area contributed by atoms with Crippen LogP contribution < -0.4 is 9.47 Å². The number of likely N-dealkylation sites (tertiary alicyclic amines) is 1. The first-order chi connectivity index (χ1) is 10.8. The van der Waals surface area contributed by atoms with Crippen molar-refractivity contribution in [2.75, 3.05) is 32.8 Å². The SMILES string of the molecule is C/C(=N/OCCN1CCCCC1)[C@@H]1COc2ccccc2O1. The van der Waals surface area contributed by atoms with Crippen molar-refractivity contribution in [3.63, 3.8) is 0 Å². The van der Waals surface area contributed by atoms with E-state index in [1.807, 2.05) is 31.2 Å². The summed E-state index contributed by atoms with van der Waals surface area (Å²) in [5.74, 6) is 1.55. The van der Waals surface area contributed by atoms with E-state index in [4.69, 9.17) is 14.3 Å². The molecule has 2 aliphatic rings. The highest BCUT2D eigenvalue weighted by Crippen LogP contribution is 2.31. The Hall–Kier alpha value is -1.75. The number of nitrogens with zero attached hydrogens (tertiary/aromatic N) is 2. The molecule has 0 aliphatic carbocycles. The molecule has 0 spiro atoms. The van der Waals surface area contributed by atoms with Crippen LogP contribution in [0.25, 0.3) is 0 Å². The van der Waals surface area contributed by atoms with Gasteiger partial charge in [-0.1, -0.05) is 23.7 Å². The van der Waals surface area contributed by atoms with Crippen molar-refractivity contribution < 1.29 is 14.3 Å². The Bertz CT molecular complexity index is 512. The molecule has 5 nitrogen and oxygen atoms in total. The number of para-hydroxylation sites is 2. The van der Waals surface area contributed by atoms with E-state index in [1.54, 1.807) is 0 Å². The fraction of sp³-hybridized carbons (Fsp3) is 0.588. The van der Waals surface area contributed by atoms with Crippen LogP contribution in [-0.2, 0) is 4.84 Å². The molecule has 3 rings (SSSR count). The number of piperidine rings is 1. The number of ether oxygens (including phenoxy) is 2. The number of rotatable bonds is 5. The lowest BCUT2D eigenvalue weighted by Gasteiger charge is -2.26. The van der Waals surface area contributed by atoms with Gasteiger partial charge in [0.1, 0.15) is 13.2 Å². The standard InChI is InChI=1S/C17H24N2O3/c1-14(18-21-12-11-19-9-5-2-6-10-19)17-13-20-15-7-3-4-8-16(15)22-17/h3-4,7-8,17H,2,5-6,9-13H2,1H3/b18-14-/t17-/m0/s1. The molecule has 2 aliphatic heterocycles. The highest BCUT2D eigenvalue weighted by Gasteiger charge is 2.23. The molecule has 120 valence electrons. The van der Waals surface area contributed by atoms with E-state index in [2.05, 4.69) is 10.1 Å². The minimum atomic E-state index is -0.176. The average molecular weight is 304 g/mol. The van der Waals surface area contributed by atoms with Crippen LogP contribution in [0.2, 0.25) is 0 Å². The highest BCUT2D eigenvalue weighted by molar-refractivity contribution is 5.86. The molecule has 1 aromatic carbocycles. The molecular weight excluding hydrogens is 280 g/mol. The zero-order valence-electron chi connectivity index (χ0n) is 13.2. The first kappa shape index (κ1) is 15.2. The molecule has 22 heavy (non-hydrogen) atoms. The molecule has 0 N–H and O–H groups in total. The van der Waals surface area contributed by atoms with E-state index in [0.29, 0.717) is 13.2 Å². The molecule has 0 saturated carbocycles. The summed E-state index contributed by atoms with van der Waals surface area (Å²) in [5.41, 5.74) is 0.813. The van der Waals surface area contributed by atoms with Gasteiger partial charge in [-0.15, -0.1) is 0 Å². The Morgan fingerprint density at radius 2 is 2.00 bits per heavy atom. The molecule has 1 atom stereocenters. The van der Waals surface area contributed by atoms with Gasteiger partial charge in [-0.25, -0.2) is 0 Å². The van der Waals surface area contributed by atoms with Crippen LogP contribution in [-0.4, -0.2) is 49.6 Å². The third-order valence-electron chi connectivity index (χ3n) is 4.13. The van der Waals surface area contributed by atoms with Crippen LogP contribution >= 0.6 is 0 Å². The van der Waals surface area contributed by atoms with Crippen molar-refractivity contribution >= 4 is 5.71 Å². The van der Waals surface area contributed by atoms with Crippen molar-refractivity contribution in [3.05, 3.63) is 24.3 Å². The van der Waals surface area contributed by atoms with Crippen LogP contribution in [0.3, 0.4) is 0 Å². The topological polar surface area (TPSA) is 43.3 Å². The van der Waals surface area contributed by atoms with Crippen LogP contribution in [0.15, 0.2) is 29.4 Å².